The third kappa shape index (κ3) is 21.7. The molecular formula is C112H115FN24O12S. The highest BCUT2D eigenvalue weighted by molar-refractivity contribution is 7.16. The van der Waals surface area contributed by atoms with Crippen LogP contribution in [0.1, 0.15) is 121 Å². The van der Waals surface area contributed by atoms with Gasteiger partial charge in [-0.1, -0.05) is 24.3 Å². The number of fused-ring (bicyclic) bond motifs is 3. The number of likely N-dealkylation sites (tertiary alicyclic amines) is 4. The molecule has 6 fully saturated rings. The van der Waals surface area contributed by atoms with Crippen molar-refractivity contribution in [1.82, 2.24) is 105 Å². The maximum absolute atomic E-state index is 14.0. The molecule has 15 aromatic rings. The molecule has 9 aromatic heterocycles. The molecule has 6 amide bonds. The summed E-state index contributed by atoms with van der Waals surface area (Å²) >= 11 is 1.54. The number of amides is 6. The Bertz CT molecular complexity index is 7600. The zero-order chi connectivity index (χ0) is 103. The zero-order valence-corrected chi connectivity index (χ0v) is 84.7. The van der Waals surface area contributed by atoms with E-state index in [0.717, 1.165) is 124 Å². The van der Waals surface area contributed by atoms with Gasteiger partial charge in [0.05, 0.1) is 78.7 Å². The predicted molar refractivity (Wildman–Crippen MR) is 566 cm³/mol. The van der Waals surface area contributed by atoms with Gasteiger partial charge in [0.25, 0.3) is 17.7 Å². The number of carbonyl (C=O) groups excluding carboxylic acids is 6. The van der Waals surface area contributed by atoms with E-state index in [0.29, 0.717) is 167 Å². The van der Waals surface area contributed by atoms with Crippen molar-refractivity contribution in [1.29, 1.82) is 0 Å². The Labute approximate surface area is 868 Å². The van der Waals surface area contributed by atoms with E-state index in [1.165, 1.54) is 50.0 Å². The molecule has 0 bridgehead atoms. The number of pyridine rings is 2. The molecule has 150 heavy (non-hydrogen) atoms. The maximum Gasteiger partial charge on any atom is 0.258 e. The van der Waals surface area contributed by atoms with Gasteiger partial charge in [-0.05, 0) is 238 Å². The van der Waals surface area contributed by atoms with Crippen LogP contribution in [0.3, 0.4) is 0 Å². The third-order valence-corrected chi connectivity index (χ3v) is 31.0. The van der Waals surface area contributed by atoms with Crippen molar-refractivity contribution in [3.8, 4) is 78.7 Å². The highest BCUT2D eigenvalue weighted by atomic mass is 32.1. The minimum atomic E-state index is -1.12. The SMILES string of the molecule is CO[C@@]1(C(=O)Nc2ccc3[nH]nc(-c4ccc(F)c(CO)c4)c3c2)CCN(CC(=O)N2CC=C(c3ncc(-c4ncccn4)s3)CC2)C1.COc1cc(C2=CCN(C(=O)CN3CC[C@@](OC)(C(=O)Nc4ccc5[nH]nc(-c6ccnc(C7CC7)c6)c5c4)C3)CC2)ccc1-c1ncccn1.COc1cc(C2CCN(C(=O)CN3CC[C@@](OC)(C(=O)Nc4ccc5[nH]nc(-c6ccnc(C7CC7)c6)c5c4)C3)CC2)ccc1-c1ncccn1. The molecular weight excluding hydrogens is 1920 g/mol. The van der Waals surface area contributed by atoms with E-state index in [2.05, 4.69) is 134 Å². The smallest absolute Gasteiger partial charge is 0.258 e. The van der Waals surface area contributed by atoms with E-state index in [-0.39, 0.29) is 67.2 Å². The number of hydrogen-bond acceptors (Lipinski definition) is 28. The minimum absolute atomic E-state index is 0.00166. The van der Waals surface area contributed by atoms with Crippen LogP contribution < -0.4 is 25.4 Å². The van der Waals surface area contributed by atoms with Crippen molar-refractivity contribution >= 4 is 108 Å². The largest absolute Gasteiger partial charge is 0.496 e. The summed E-state index contributed by atoms with van der Waals surface area (Å²) in [4.78, 5) is 134. The van der Waals surface area contributed by atoms with Gasteiger partial charge in [0, 0.05) is 234 Å². The lowest BCUT2D eigenvalue weighted by atomic mass is 9.88. The number of aliphatic hydroxyl groups excluding tert-OH is 1. The molecule has 38 heteroatoms. The second-order valence-corrected chi connectivity index (χ2v) is 40.2. The number of piperidine rings is 1. The number of aliphatic hydroxyl groups is 1. The molecule has 4 saturated heterocycles. The second-order valence-electron chi connectivity index (χ2n) is 39.2. The summed E-state index contributed by atoms with van der Waals surface area (Å²) < 4.78 is 42.9. The molecule has 0 radical (unpaired) electrons. The van der Waals surface area contributed by atoms with E-state index in [4.69, 9.17) is 23.7 Å². The van der Waals surface area contributed by atoms with Crippen LogP contribution in [0.2, 0.25) is 0 Å². The van der Waals surface area contributed by atoms with Crippen molar-refractivity contribution in [3.05, 3.63) is 258 Å². The first-order chi connectivity index (χ1) is 73.2. The van der Waals surface area contributed by atoms with E-state index < -0.39 is 29.2 Å². The van der Waals surface area contributed by atoms with Crippen LogP contribution in [0, 0.1) is 5.82 Å². The first-order valence-corrected chi connectivity index (χ1v) is 51.4. The fraction of sp³-hybridized carbons (Fsp3) is 0.339. The van der Waals surface area contributed by atoms with E-state index in [9.17, 15) is 38.3 Å². The van der Waals surface area contributed by atoms with Crippen molar-refractivity contribution in [3.63, 3.8) is 0 Å². The quantitative estimate of drug-likeness (QED) is 0.0229. The molecule has 2 saturated carbocycles. The van der Waals surface area contributed by atoms with Crippen LogP contribution in [0.5, 0.6) is 11.5 Å². The number of rotatable bonds is 29. The Hall–Kier alpha value is -15.6. The Kier molecular flexibility index (Phi) is 29.5. The van der Waals surface area contributed by atoms with E-state index >= 15 is 0 Å². The topological polar surface area (TPSA) is 426 Å². The Morgan fingerprint density at radius 2 is 0.840 bits per heavy atom. The average molecular weight is 2040 g/mol. The molecule has 0 spiro atoms. The van der Waals surface area contributed by atoms with Crippen LogP contribution in [0.15, 0.2) is 220 Å². The van der Waals surface area contributed by atoms with Gasteiger partial charge in [-0.15, -0.1) is 11.3 Å². The predicted octanol–water partition coefficient (Wildman–Crippen LogP) is 14.8. The molecule has 8 aliphatic rings. The standard InChI is InChI=1S/C39H42N8O4.C39H40N8O4.C34H33FN8O4S/c2*1-50-34-21-27(6-8-30(34)37-41-14-3-15-42-37)25-11-17-47(18-12-25)35(48)23-46-19-13-39(24-46,51-2)38(49)43-29-7-9-32-31(22-29)36(45-44-32)28-10-16-40-33(20-28)26-4-5-26;1-47-34(33(46)39-24-4-6-27-25(16-24)30(41-40-27)22-3-5-26(35)23(15-22)19-44)9-14-42(20-34)18-29(45)43-12-7-21(8-13-43)32-38-17-28(48-32)31-36-10-2-11-37-31/h3,6-10,14-16,20-22,25-26H,4-5,11-13,17-19,23-24H2,1-2H3,(H,43,49)(H,44,45);3,6-11,14-16,20-22,26H,4-5,12-13,17-19,23-24H2,1-2H3,(H,43,49)(H,44,45);2-7,10-11,15-17,44H,8-9,12-14,18-20H2,1H3,(H,39,46)(H,40,41)/t2*39-;34-/m000/s1. The lowest BCUT2D eigenvalue weighted by molar-refractivity contribution is -0.138. The molecule has 0 unspecified atom stereocenters. The fourth-order valence-electron chi connectivity index (χ4n) is 20.9. The van der Waals surface area contributed by atoms with Gasteiger partial charge in [0.15, 0.2) is 34.3 Å². The third-order valence-electron chi connectivity index (χ3n) is 29.9. The monoisotopic (exact) mass is 2040 g/mol. The van der Waals surface area contributed by atoms with Crippen LogP contribution >= 0.6 is 11.3 Å². The number of nitrogens with zero attached hydrogens (tertiary/aromatic N) is 18. The van der Waals surface area contributed by atoms with Crippen molar-refractivity contribution in [2.75, 3.05) is 150 Å². The van der Waals surface area contributed by atoms with Crippen LogP contribution in [-0.4, -0.2) is 296 Å². The van der Waals surface area contributed by atoms with Crippen molar-refractivity contribution in [2.24, 2.45) is 0 Å². The maximum atomic E-state index is 14.0. The Morgan fingerprint density at radius 3 is 1.27 bits per heavy atom. The first-order valence-electron chi connectivity index (χ1n) is 50.6. The zero-order valence-electron chi connectivity index (χ0n) is 83.9. The number of ether oxygens (including phenoxy) is 5. The summed E-state index contributed by atoms with van der Waals surface area (Å²) in [7, 11) is 7.96. The molecule has 6 aromatic carbocycles. The van der Waals surface area contributed by atoms with Crippen LogP contribution in [0.4, 0.5) is 21.5 Å². The van der Waals surface area contributed by atoms with Gasteiger partial charge in [-0.2, -0.15) is 15.3 Å². The van der Waals surface area contributed by atoms with Gasteiger partial charge in [0.2, 0.25) is 17.7 Å². The number of carbonyl (C=O) groups is 6. The van der Waals surface area contributed by atoms with Crippen LogP contribution in [0.25, 0.3) is 111 Å². The molecule has 768 valence electrons. The molecule has 23 rings (SSSR count). The number of halogens is 1. The van der Waals surface area contributed by atoms with E-state index in [1.54, 1.807) is 132 Å². The van der Waals surface area contributed by atoms with Gasteiger partial charge in [-0.3, -0.25) is 68.7 Å². The van der Waals surface area contributed by atoms with Gasteiger partial charge in [-0.25, -0.2) is 39.3 Å². The number of H-pyrrole nitrogens is 3. The van der Waals surface area contributed by atoms with Crippen molar-refractivity contribution in [2.45, 2.75) is 112 Å². The van der Waals surface area contributed by atoms with Crippen molar-refractivity contribution < 1.29 is 61.9 Å². The second kappa shape index (κ2) is 44.1. The molecule has 2 aliphatic carbocycles. The molecule has 6 aliphatic heterocycles. The number of benzene rings is 6. The Morgan fingerprint density at radius 1 is 0.420 bits per heavy atom. The summed E-state index contributed by atoms with van der Waals surface area (Å²) in [6.45, 7) is 6.45. The molecule has 15 heterocycles. The first kappa shape index (κ1) is 100. The average Bonchev–Trinajstić information content (AvgIpc) is 1.63. The number of hydrogen-bond donors (Lipinski definition) is 7. The van der Waals surface area contributed by atoms with E-state index in [1.807, 2.05) is 109 Å². The number of aromatic amines is 3. The highest BCUT2D eigenvalue weighted by Crippen LogP contribution is 2.45. The number of aromatic nitrogens is 15. The van der Waals surface area contributed by atoms with Gasteiger partial charge in [0.1, 0.15) is 33.7 Å². The minimum Gasteiger partial charge on any atom is -0.496 e. The summed E-state index contributed by atoms with van der Waals surface area (Å²) in [5.41, 5.74) is 14.6. The lowest BCUT2D eigenvalue weighted by Gasteiger charge is -2.33. The normalized spacial score (nSPS) is 19.1. The molecule has 36 nitrogen and oxygen atoms in total. The summed E-state index contributed by atoms with van der Waals surface area (Å²) in [6, 6.07) is 47.1. The van der Waals surface area contributed by atoms with Crippen LogP contribution in [-0.2, 0) is 49.6 Å². The molecule has 3 atom stereocenters. The van der Waals surface area contributed by atoms with Gasteiger partial charge >= 0.3 is 0 Å². The summed E-state index contributed by atoms with van der Waals surface area (Å²) in [5.74, 6) is 3.62. The molecule has 7 N–H and O–H groups in total. The number of thiazole rings is 1. The van der Waals surface area contributed by atoms with Gasteiger partial charge < -0.3 is 59.4 Å². The fourth-order valence-corrected chi connectivity index (χ4v) is 21.8. The number of anilines is 3. The lowest BCUT2D eigenvalue weighted by Crippen LogP contribution is -2.48. The highest BCUT2D eigenvalue weighted by Gasteiger charge is 2.49. The summed E-state index contributed by atoms with van der Waals surface area (Å²) in [5, 5.41) is 44.9. The number of methoxy groups -OCH3 is 5. The summed E-state index contributed by atoms with van der Waals surface area (Å²) in [6.07, 6.45) is 29.2. The number of nitrogens with one attached hydrogen (secondary N) is 6. The Balaban J connectivity index is 0.000000131.